The highest BCUT2D eigenvalue weighted by atomic mass is 16.6. The number of nitrogens with zero attached hydrogens (tertiary/aromatic N) is 5. The highest BCUT2D eigenvalue weighted by Gasteiger charge is 2.22. The minimum absolute atomic E-state index is 0.0239. The quantitative estimate of drug-likeness (QED) is 0.181. The Labute approximate surface area is 204 Å². The van der Waals surface area contributed by atoms with E-state index in [0.717, 1.165) is 5.56 Å². The maximum atomic E-state index is 13.4. The SMILES string of the molecule is CCOC(=O)c1cc2c(=O)n3cccc(C)c3nc2n(C(C)C)c1=NC(=O)c1ccc([N+](=O)[O-])cc1. The van der Waals surface area contributed by atoms with Gasteiger partial charge >= 0.3 is 5.97 Å². The zero-order chi connectivity index (χ0) is 26.1. The van der Waals surface area contributed by atoms with Gasteiger partial charge in [0, 0.05) is 29.9 Å². The minimum atomic E-state index is -0.752. The van der Waals surface area contributed by atoms with Crippen LogP contribution in [0.3, 0.4) is 0 Å². The summed E-state index contributed by atoms with van der Waals surface area (Å²) in [5.41, 5.74) is 0.896. The van der Waals surface area contributed by atoms with Gasteiger partial charge in [0.25, 0.3) is 17.2 Å². The van der Waals surface area contributed by atoms with Gasteiger partial charge in [-0.1, -0.05) is 6.07 Å². The number of carbonyl (C=O) groups excluding carboxylic acids is 2. The van der Waals surface area contributed by atoms with Crippen molar-refractivity contribution < 1.29 is 19.2 Å². The van der Waals surface area contributed by atoms with Crippen LogP contribution in [0.15, 0.2) is 58.4 Å². The van der Waals surface area contributed by atoms with Gasteiger partial charge in [-0.05, 0) is 57.5 Å². The Balaban J connectivity index is 2.10. The van der Waals surface area contributed by atoms with Crippen LogP contribution in [0.25, 0.3) is 16.7 Å². The number of hydrogen-bond acceptors (Lipinski definition) is 7. The van der Waals surface area contributed by atoms with E-state index in [1.54, 1.807) is 23.8 Å². The summed E-state index contributed by atoms with van der Waals surface area (Å²) in [6, 6.07) is 9.51. The Kier molecular flexibility index (Phi) is 6.47. The summed E-state index contributed by atoms with van der Waals surface area (Å²) in [4.78, 5) is 58.7. The number of hydrogen-bond donors (Lipinski definition) is 0. The lowest BCUT2D eigenvalue weighted by Crippen LogP contribution is -2.33. The van der Waals surface area contributed by atoms with E-state index in [0.29, 0.717) is 5.65 Å². The van der Waals surface area contributed by atoms with E-state index < -0.39 is 16.8 Å². The standard InChI is InChI=1S/C25H23N5O6/c1-5-36-25(33)19-13-18-21(26-20-15(4)7-6-12-28(20)24(18)32)29(14(2)3)22(19)27-23(31)16-8-10-17(11-9-16)30(34)35/h6-14H,5H2,1-4H3. The molecule has 0 saturated carbocycles. The largest absolute Gasteiger partial charge is 0.462 e. The number of aryl methyl sites for hydroxylation is 1. The molecule has 11 heteroatoms. The van der Waals surface area contributed by atoms with E-state index >= 15 is 0 Å². The van der Waals surface area contributed by atoms with Crippen LogP contribution < -0.4 is 11.0 Å². The number of amides is 1. The average Bonchev–Trinajstić information content (AvgIpc) is 2.84. The summed E-state index contributed by atoms with van der Waals surface area (Å²) in [5, 5.41) is 11.1. The van der Waals surface area contributed by atoms with Gasteiger partial charge in [0.05, 0.1) is 16.9 Å². The van der Waals surface area contributed by atoms with Crippen LogP contribution in [0.5, 0.6) is 0 Å². The van der Waals surface area contributed by atoms with E-state index in [4.69, 9.17) is 9.72 Å². The molecule has 4 rings (SSSR count). The summed E-state index contributed by atoms with van der Waals surface area (Å²) < 4.78 is 8.15. The Hall–Kier alpha value is -4.67. The van der Waals surface area contributed by atoms with E-state index in [9.17, 15) is 24.5 Å². The molecule has 0 aliphatic carbocycles. The first-order chi connectivity index (χ1) is 17.1. The molecule has 0 aliphatic heterocycles. The van der Waals surface area contributed by atoms with Gasteiger partial charge in [-0.15, -0.1) is 0 Å². The van der Waals surface area contributed by atoms with Gasteiger partial charge in [0.1, 0.15) is 16.9 Å². The number of pyridine rings is 2. The van der Waals surface area contributed by atoms with E-state index in [2.05, 4.69) is 4.99 Å². The Bertz CT molecular complexity index is 1670. The summed E-state index contributed by atoms with van der Waals surface area (Å²) in [7, 11) is 0. The van der Waals surface area contributed by atoms with Crippen molar-refractivity contribution in [3.8, 4) is 0 Å². The Morgan fingerprint density at radius 1 is 1.17 bits per heavy atom. The molecule has 0 radical (unpaired) electrons. The topological polar surface area (TPSA) is 138 Å². The normalized spacial score (nSPS) is 11.9. The fourth-order valence-electron chi connectivity index (χ4n) is 3.90. The summed E-state index contributed by atoms with van der Waals surface area (Å²) >= 11 is 0. The third-order valence-corrected chi connectivity index (χ3v) is 5.59. The van der Waals surface area contributed by atoms with E-state index in [1.165, 1.54) is 34.7 Å². The van der Waals surface area contributed by atoms with Crippen LogP contribution in [-0.2, 0) is 4.74 Å². The van der Waals surface area contributed by atoms with Crippen molar-refractivity contribution in [1.29, 1.82) is 0 Å². The maximum absolute atomic E-state index is 13.4. The first kappa shape index (κ1) is 24.5. The lowest BCUT2D eigenvalue weighted by atomic mass is 10.1. The Morgan fingerprint density at radius 2 is 1.86 bits per heavy atom. The number of aromatic nitrogens is 3. The van der Waals surface area contributed by atoms with Crippen LogP contribution in [0, 0.1) is 17.0 Å². The van der Waals surface area contributed by atoms with Crippen LogP contribution in [0.2, 0.25) is 0 Å². The molecule has 0 fully saturated rings. The lowest BCUT2D eigenvalue weighted by molar-refractivity contribution is -0.384. The van der Waals surface area contributed by atoms with E-state index in [-0.39, 0.29) is 51.5 Å². The molecule has 0 N–H and O–H groups in total. The van der Waals surface area contributed by atoms with Gasteiger partial charge < -0.3 is 9.30 Å². The van der Waals surface area contributed by atoms with Crippen molar-refractivity contribution in [3.63, 3.8) is 0 Å². The van der Waals surface area contributed by atoms with Crippen LogP contribution in [0.4, 0.5) is 5.69 Å². The molecule has 3 heterocycles. The number of esters is 1. The molecule has 3 aromatic heterocycles. The summed E-state index contributed by atoms with van der Waals surface area (Å²) in [6.45, 7) is 7.16. The van der Waals surface area contributed by atoms with Crippen molar-refractivity contribution in [2.45, 2.75) is 33.7 Å². The first-order valence-corrected chi connectivity index (χ1v) is 11.2. The van der Waals surface area contributed by atoms with Gasteiger partial charge in [-0.3, -0.25) is 24.1 Å². The van der Waals surface area contributed by atoms with Crippen LogP contribution in [-0.4, -0.2) is 37.4 Å². The fourth-order valence-corrected chi connectivity index (χ4v) is 3.90. The molecule has 36 heavy (non-hydrogen) atoms. The molecular weight excluding hydrogens is 466 g/mol. The number of carbonyl (C=O) groups is 2. The second kappa shape index (κ2) is 9.53. The second-order valence-corrected chi connectivity index (χ2v) is 8.33. The van der Waals surface area contributed by atoms with Crippen molar-refractivity contribution in [2.24, 2.45) is 4.99 Å². The van der Waals surface area contributed by atoms with Gasteiger partial charge in [-0.2, -0.15) is 4.99 Å². The lowest BCUT2D eigenvalue weighted by Gasteiger charge is -2.18. The molecule has 0 atom stereocenters. The highest BCUT2D eigenvalue weighted by molar-refractivity contribution is 5.97. The zero-order valence-electron chi connectivity index (χ0n) is 20.1. The van der Waals surface area contributed by atoms with Gasteiger partial charge in [0.2, 0.25) is 0 Å². The summed E-state index contributed by atoms with van der Waals surface area (Å²) in [5.74, 6) is -1.48. The number of nitro benzene ring substituents is 1. The van der Waals surface area contributed by atoms with Crippen LogP contribution in [0.1, 0.15) is 53.1 Å². The zero-order valence-corrected chi connectivity index (χ0v) is 20.1. The molecule has 4 aromatic rings. The monoisotopic (exact) mass is 489 g/mol. The van der Waals surface area contributed by atoms with Crippen molar-refractivity contribution in [2.75, 3.05) is 6.61 Å². The molecule has 0 bridgehead atoms. The Morgan fingerprint density at radius 3 is 2.47 bits per heavy atom. The second-order valence-electron chi connectivity index (χ2n) is 8.33. The maximum Gasteiger partial charge on any atom is 0.341 e. The molecule has 0 saturated heterocycles. The number of ether oxygens (including phenoxy) is 1. The summed E-state index contributed by atoms with van der Waals surface area (Å²) in [6.07, 6.45) is 1.59. The molecule has 0 unspecified atom stereocenters. The van der Waals surface area contributed by atoms with Gasteiger partial charge in [-0.25, -0.2) is 9.78 Å². The van der Waals surface area contributed by atoms with Crippen molar-refractivity contribution >= 4 is 34.2 Å². The molecule has 0 aliphatic rings. The average molecular weight is 489 g/mol. The van der Waals surface area contributed by atoms with Gasteiger partial charge in [0.15, 0.2) is 5.49 Å². The molecule has 0 spiro atoms. The number of rotatable bonds is 5. The van der Waals surface area contributed by atoms with Crippen LogP contribution >= 0.6 is 0 Å². The highest BCUT2D eigenvalue weighted by Crippen LogP contribution is 2.17. The van der Waals surface area contributed by atoms with E-state index in [1.807, 2.05) is 26.8 Å². The van der Waals surface area contributed by atoms with Crippen molar-refractivity contribution in [3.05, 3.63) is 91.3 Å². The molecular formula is C25H23N5O6. The number of nitro groups is 1. The smallest absolute Gasteiger partial charge is 0.341 e. The minimum Gasteiger partial charge on any atom is -0.462 e. The molecule has 11 nitrogen and oxygen atoms in total. The first-order valence-electron chi connectivity index (χ1n) is 11.2. The molecule has 1 aromatic carbocycles. The molecule has 1 amide bonds. The molecule has 184 valence electrons. The number of fused-ring (bicyclic) bond motifs is 2. The fraction of sp³-hybridized carbons (Fsp3) is 0.240. The number of non-ortho nitro benzene ring substituents is 1. The van der Waals surface area contributed by atoms with Crippen molar-refractivity contribution in [1.82, 2.24) is 14.0 Å². The predicted molar refractivity (Wildman–Crippen MR) is 131 cm³/mol. The predicted octanol–water partition coefficient (Wildman–Crippen LogP) is 3.36. The third kappa shape index (κ3) is 4.26. The number of benzene rings is 1. The third-order valence-electron chi connectivity index (χ3n) is 5.59.